The summed E-state index contributed by atoms with van der Waals surface area (Å²) in [5, 5.41) is 3.16. The van der Waals surface area contributed by atoms with Crippen molar-refractivity contribution in [3.8, 4) is 0 Å². The molecule has 0 aliphatic heterocycles. The first-order chi connectivity index (χ1) is 8.16. The smallest absolute Gasteiger partial charge is 0.254 e. The maximum Gasteiger partial charge on any atom is 0.254 e. The van der Waals surface area contributed by atoms with Gasteiger partial charge in [0.1, 0.15) is 0 Å². The number of rotatable bonds is 6. The highest BCUT2D eigenvalue weighted by Crippen LogP contribution is 2.21. The number of anilines is 1. The summed E-state index contributed by atoms with van der Waals surface area (Å²) in [6.07, 6.45) is 1.83. The average molecular weight is 271 g/mol. The summed E-state index contributed by atoms with van der Waals surface area (Å²) >= 11 is 7.63. The topological polar surface area (TPSA) is 55.1 Å². The highest BCUT2D eigenvalue weighted by atomic mass is 35.5. The number of hydrogen-bond acceptors (Lipinski definition) is 3. The van der Waals surface area contributed by atoms with Crippen LogP contribution in [0.5, 0.6) is 0 Å². The predicted octanol–water partition coefficient (Wildman–Crippen LogP) is 2.57. The van der Waals surface area contributed by atoms with E-state index in [9.17, 15) is 4.79 Å². The van der Waals surface area contributed by atoms with Crippen molar-refractivity contribution in [2.24, 2.45) is 0 Å². The van der Waals surface area contributed by atoms with Crippen LogP contribution in [0.2, 0.25) is 5.02 Å². The molecule has 1 rings (SSSR count). The lowest BCUT2D eigenvalue weighted by atomic mass is 10.1. The minimum absolute atomic E-state index is 0.229. The molecule has 0 heterocycles. The van der Waals surface area contributed by atoms with Gasteiger partial charge in [-0.05, 0) is 12.1 Å². The van der Waals surface area contributed by atoms with Gasteiger partial charge in [-0.2, -0.15) is 11.8 Å². The van der Waals surface area contributed by atoms with Crippen LogP contribution in [0.3, 0.4) is 0 Å². The number of nitrogen functional groups attached to an aromatic ring is 1. The van der Waals surface area contributed by atoms with Gasteiger partial charge in [-0.3, -0.25) is 4.79 Å². The van der Waals surface area contributed by atoms with E-state index in [1.165, 1.54) is 0 Å². The Hall–Kier alpha value is -1.13. The number of halogens is 1. The summed E-state index contributed by atoms with van der Waals surface area (Å²) in [5.41, 5.74) is 6.46. The van der Waals surface area contributed by atoms with Crippen LogP contribution in [0, 0.1) is 0 Å². The predicted molar refractivity (Wildman–Crippen MR) is 75.7 cm³/mol. The molecule has 3 nitrogen and oxygen atoms in total. The molecule has 0 atom stereocenters. The molecule has 1 aromatic rings. The lowest BCUT2D eigenvalue weighted by molar-refractivity contribution is 0.0957. The van der Waals surface area contributed by atoms with E-state index in [2.05, 4.69) is 11.9 Å². The van der Waals surface area contributed by atoms with Crippen LogP contribution in [0.1, 0.15) is 10.4 Å². The van der Waals surface area contributed by atoms with E-state index in [-0.39, 0.29) is 5.91 Å². The van der Waals surface area contributed by atoms with Gasteiger partial charge < -0.3 is 11.1 Å². The Kier molecular flexibility index (Phi) is 5.94. The quantitative estimate of drug-likeness (QED) is 0.475. The second-order valence-corrected chi connectivity index (χ2v) is 4.88. The number of nitrogens with two attached hydrogens (primary N) is 1. The highest BCUT2D eigenvalue weighted by Gasteiger charge is 2.12. The van der Waals surface area contributed by atoms with Gasteiger partial charge in [0.2, 0.25) is 0 Å². The fourth-order valence-electron chi connectivity index (χ4n) is 1.27. The zero-order valence-electron chi connectivity index (χ0n) is 9.41. The van der Waals surface area contributed by atoms with Gasteiger partial charge in [0.25, 0.3) is 5.91 Å². The monoisotopic (exact) mass is 270 g/mol. The Bertz CT molecular complexity index is 389. The van der Waals surface area contributed by atoms with Gasteiger partial charge in [0, 0.05) is 23.7 Å². The van der Waals surface area contributed by atoms with Crippen LogP contribution in [-0.2, 0) is 0 Å². The Labute approximate surface area is 110 Å². The van der Waals surface area contributed by atoms with Crippen molar-refractivity contribution in [1.82, 2.24) is 5.32 Å². The molecule has 0 aliphatic carbocycles. The van der Waals surface area contributed by atoms with E-state index in [1.54, 1.807) is 30.0 Å². The first kappa shape index (κ1) is 13.9. The van der Waals surface area contributed by atoms with Crippen LogP contribution >= 0.6 is 23.4 Å². The van der Waals surface area contributed by atoms with Crippen molar-refractivity contribution in [1.29, 1.82) is 0 Å². The number of amides is 1. The van der Waals surface area contributed by atoms with Crippen molar-refractivity contribution in [3.63, 3.8) is 0 Å². The molecule has 92 valence electrons. The second-order valence-electron chi connectivity index (χ2n) is 3.32. The molecule has 0 bridgehead atoms. The maximum atomic E-state index is 11.8. The fraction of sp³-hybridized carbons (Fsp3) is 0.250. The van der Waals surface area contributed by atoms with Crippen LogP contribution < -0.4 is 11.1 Å². The average Bonchev–Trinajstić information content (AvgIpc) is 2.28. The Balaban J connectivity index is 2.50. The summed E-state index contributed by atoms with van der Waals surface area (Å²) in [5.74, 6) is 1.49. The van der Waals surface area contributed by atoms with Gasteiger partial charge in [-0.1, -0.05) is 23.7 Å². The van der Waals surface area contributed by atoms with E-state index in [0.29, 0.717) is 22.8 Å². The molecule has 1 amide bonds. The molecule has 0 saturated carbocycles. The summed E-state index contributed by atoms with van der Waals surface area (Å²) in [4.78, 5) is 11.8. The van der Waals surface area contributed by atoms with E-state index < -0.39 is 0 Å². The molecule has 5 heteroatoms. The second kappa shape index (κ2) is 7.25. The van der Waals surface area contributed by atoms with Crippen molar-refractivity contribution in [2.45, 2.75) is 0 Å². The molecule has 3 N–H and O–H groups in total. The fourth-order valence-corrected chi connectivity index (χ4v) is 2.12. The van der Waals surface area contributed by atoms with Crippen LogP contribution in [0.15, 0.2) is 30.9 Å². The Morgan fingerprint density at radius 2 is 2.35 bits per heavy atom. The number of carbonyl (C=O) groups is 1. The third-order valence-corrected chi connectivity index (χ3v) is 3.32. The largest absolute Gasteiger partial charge is 0.398 e. The minimum Gasteiger partial charge on any atom is -0.398 e. The Morgan fingerprint density at radius 1 is 1.59 bits per heavy atom. The van der Waals surface area contributed by atoms with Gasteiger partial charge >= 0.3 is 0 Å². The van der Waals surface area contributed by atoms with Crippen molar-refractivity contribution >= 4 is 35.0 Å². The number of carbonyl (C=O) groups excluding carboxylic acids is 1. The highest BCUT2D eigenvalue weighted by molar-refractivity contribution is 7.99. The zero-order chi connectivity index (χ0) is 12.7. The maximum absolute atomic E-state index is 11.8. The molecule has 0 aromatic heterocycles. The molecule has 0 radical (unpaired) electrons. The number of benzene rings is 1. The van der Waals surface area contributed by atoms with Gasteiger partial charge in [-0.15, -0.1) is 6.58 Å². The number of hydrogen-bond donors (Lipinski definition) is 2. The lowest BCUT2D eigenvalue weighted by Crippen LogP contribution is -2.26. The van der Waals surface area contributed by atoms with E-state index >= 15 is 0 Å². The molecular formula is C12H15ClN2OS. The Morgan fingerprint density at radius 3 is 3.00 bits per heavy atom. The third kappa shape index (κ3) is 4.32. The van der Waals surface area contributed by atoms with Crippen LogP contribution in [0.4, 0.5) is 5.69 Å². The van der Waals surface area contributed by atoms with Crippen LogP contribution in [0.25, 0.3) is 0 Å². The molecule has 0 aliphatic rings. The van der Waals surface area contributed by atoms with Gasteiger partial charge in [-0.25, -0.2) is 0 Å². The number of thioether (sulfide) groups is 1. The molecule has 0 unspecified atom stereocenters. The van der Waals surface area contributed by atoms with Crippen molar-refractivity contribution < 1.29 is 4.79 Å². The molecular weight excluding hydrogens is 256 g/mol. The van der Waals surface area contributed by atoms with Gasteiger partial charge in [0.05, 0.1) is 10.6 Å². The van der Waals surface area contributed by atoms with Crippen molar-refractivity contribution in [3.05, 3.63) is 41.4 Å². The van der Waals surface area contributed by atoms with E-state index in [1.807, 2.05) is 6.08 Å². The molecule has 0 spiro atoms. The summed E-state index contributed by atoms with van der Waals surface area (Å²) in [7, 11) is 0. The molecule has 0 saturated heterocycles. The standard InChI is InChI=1S/C12H15ClN2OS/c1-2-7-17-8-6-15-12(16)11-9(13)4-3-5-10(11)14/h2-5H,1,6-8,14H2,(H,15,16). The summed E-state index contributed by atoms with van der Waals surface area (Å²) in [6.45, 7) is 4.21. The van der Waals surface area contributed by atoms with Crippen molar-refractivity contribution in [2.75, 3.05) is 23.8 Å². The summed E-state index contributed by atoms with van der Waals surface area (Å²) < 4.78 is 0. The van der Waals surface area contributed by atoms with Gasteiger partial charge in [0.15, 0.2) is 0 Å². The lowest BCUT2D eigenvalue weighted by Gasteiger charge is -2.08. The first-order valence-electron chi connectivity index (χ1n) is 5.17. The zero-order valence-corrected chi connectivity index (χ0v) is 11.0. The minimum atomic E-state index is -0.229. The number of nitrogens with one attached hydrogen (secondary N) is 1. The first-order valence-corrected chi connectivity index (χ1v) is 6.71. The summed E-state index contributed by atoms with van der Waals surface area (Å²) in [6, 6.07) is 5.03. The normalized spacial score (nSPS) is 9.94. The SMILES string of the molecule is C=CCSCCNC(=O)c1c(N)cccc1Cl. The molecule has 1 aromatic carbocycles. The van der Waals surface area contributed by atoms with E-state index in [4.69, 9.17) is 17.3 Å². The van der Waals surface area contributed by atoms with Crippen LogP contribution in [-0.4, -0.2) is 24.0 Å². The van der Waals surface area contributed by atoms with E-state index in [0.717, 1.165) is 11.5 Å². The molecule has 17 heavy (non-hydrogen) atoms. The third-order valence-electron chi connectivity index (χ3n) is 2.04. The molecule has 0 fully saturated rings.